The standard InChI is InChI=1S/C24H24N2O5/c1-15-5-10-19-20(13-15)23(29)26(22(19)28)16(2)24(30)31-14-17-6-8-18(9-7-17)21(27)25-11-3-4-12-25/h5-10,13,16H,3-4,11-12,14H2,1-2H3. The summed E-state index contributed by atoms with van der Waals surface area (Å²) < 4.78 is 5.34. The van der Waals surface area contributed by atoms with Crippen LogP contribution in [0.5, 0.6) is 0 Å². The van der Waals surface area contributed by atoms with Gasteiger partial charge >= 0.3 is 5.97 Å². The Balaban J connectivity index is 1.37. The second kappa shape index (κ2) is 8.34. The summed E-state index contributed by atoms with van der Waals surface area (Å²) in [7, 11) is 0. The van der Waals surface area contributed by atoms with Crippen LogP contribution in [0.2, 0.25) is 0 Å². The van der Waals surface area contributed by atoms with Gasteiger partial charge in [0.2, 0.25) is 0 Å². The molecule has 2 aromatic rings. The average molecular weight is 420 g/mol. The number of ether oxygens (including phenoxy) is 1. The van der Waals surface area contributed by atoms with E-state index in [2.05, 4.69) is 0 Å². The van der Waals surface area contributed by atoms with Gasteiger partial charge in [-0.2, -0.15) is 0 Å². The van der Waals surface area contributed by atoms with E-state index >= 15 is 0 Å². The van der Waals surface area contributed by atoms with Crippen molar-refractivity contribution >= 4 is 23.7 Å². The van der Waals surface area contributed by atoms with Crippen LogP contribution in [0.3, 0.4) is 0 Å². The van der Waals surface area contributed by atoms with Crippen molar-refractivity contribution < 1.29 is 23.9 Å². The molecular formula is C24H24N2O5. The van der Waals surface area contributed by atoms with Gasteiger partial charge in [0.25, 0.3) is 17.7 Å². The highest BCUT2D eigenvalue weighted by Crippen LogP contribution is 2.26. The molecule has 0 bridgehead atoms. The first-order chi connectivity index (χ1) is 14.9. The van der Waals surface area contributed by atoms with Gasteiger partial charge in [-0.1, -0.05) is 23.8 Å². The molecule has 0 radical (unpaired) electrons. The summed E-state index contributed by atoms with van der Waals surface area (Å²) in [6.07, 6.45) is 2.06. The summed E-state index contributed by atoms with van der Waals surface area (Å²) in [4.78, 5) is 53.0. The number of amides is 3. The number of nitrogens with zero attached hydrogens (tertiary/aromatic N) is 2. The van der Waals surface area contributed by atoms with Gasteiger partial charge in [0.1, 0.15) is 12.6 Å². The Morgan fingerprint density at radius 1 is 0.968 bits per heavy atom. The summed E-state index contributed by atoms with van der Waals surface area (Å²) in [6, 6.07) is 10.9. The molecule has 0 spiro atoms. The molecular weight excluding hydrogens is 396 g/mol. The van der Waals surface area contributed by atoms with Crippen LogP contribution in [0.4, 0.5) is 0 Å². The zero-order valence-electron chi connectivity index (χ0n) is 17.6. The molecule has 7 nitrogen and oxygen atoms in total. The Morgan fingerprint density at radius 3 is 2.29 bits per heavy atom. The van der Waals surface area contributed by atoms with Gasteiger partial charge < -0.3 is 9.64 Å². The smallest absolute Gasteiger partial charge is 0.329 e. The largest absolute Gasteiger partial charge is 0.459 e. The molecule has 0 saturated carbocycles. The lowest BCUT2D eigenvalue weighted by Crippen LogP contribution is -2.43. The van der Waals surface area contributed by atoms with E-state index in [1.54, 1.807) is 42.5 Å². The number of likely N-dealkylation sites (tertiary alicyclic amines) is 1. The zero-order chi connectivity index (χ0) is 22.1. The van der Waals surface area contributed by atoms with Gasteiger partial charge in [0.05, 0.1) is 11.1 Å². The van der Waals surface area contributed by atoms with E-state index in [4.69, 9.17) is 4.74 Å². The Bertz CT molecular complexity index is 1050. The van der Waals surface area contributed by atoms with Crippen LogP contribution in [-0.4, -0.2) is 52.6 Å². The van der Waals surface area contributed by atoms with Crippen molar-refractivity contribution in [3.63, 3.8) is 0 Å². The summed E-state index contributed by atoms with van der Waals surface area (Å²) >= 11 is 0. The number of rotatable bonds is 5. The first-order valence-corrected chi connectivity index (χ1v) is 10.4. The Kier molecular flexibility index (Phi) is 5.59. The van der Waals surface area contributed by atoms with Crippen LogP contribution in [0.1, 0.15) is 62.0 Å². The maximum Gasteiger partial charge on any atom is 0.329 e. The van der Waals surface area contributed by atoms with Crippen LogP contribution in [0.25, 0.3) is 0 Å². The molecule has 2 aliphatic rings. The minimum absolute atomic E-state index is 0.00975. The molecule has 4 rings (SSSR count). The van der Waals surface area contributed by atoms with E-state index in [1.165, 1.54) is 6.92 Å². The molecule has 7 heteroatoms. The molecule has 1 saturated heterocycles. The van der Waals surface area contributed by atoms with Gasteiger partial charge in [0, 0.05) is 18.7 Å². The quantitative estimate of drug-likeness (QED) is 0.549. The second-order valence-electron chi connectivity index (χ2n) is 8.01. The summed E-state index contributed by atoms with van der Waals surface area (Å²) in [5.41, 5.74) is 2.79. The second-order valence-corrected chi connectivity index (χ2v) is 8.01. The maximum absolute atomic E-state index is 12.7. The summed E-state index contributed by atoms with van der Waals surface area (Å²) in [6.45, 7) is 4.88. The van der Waals surface area contributed by atoms with Crippen molar-refractivity contribution in [2.45, 2.75) is 39.3 Å². The molecule has 2 heterocycles. The first-order valence-electron chi connectivity index (χ1n) is 10.4. The number of carbonyl (C=O) groups excluding carboxylic acids is 4. The molecule has 1 fully saturated rings. The molecule has 31 heavy (non-hydrogen) atoms. The van der Waals surface area contributed by atoms with Crippen LogP contribution in [0.15, 0.2) is 42.5 Å². The minimum Gasteiger partial charge on any atom is -0.459 e. The van der Waals surface area contributed by atoms with Crippen molar-refractivity contribution in [3.05, 3.63) is 70.3 Å². The van der Waals surface area contributed by atoms with Crippen molar-refractivity contribution in [1.82, 2.24) is 9.80 Å². The van der Waals surface area contributed by atoms with Crippen LogP contribution in [0, 0.1) is 6.92 Å². The van der Waals surface area contributed by atoms with Gasteiger partial charge in [0.15, 0.2) is 0 Å². The maximum atomic E-state index is 12.7. The third-order valence-electron chi connectivity index (χ3n) is 5.78. The van der Waals surface area contributed by atoms with Crippen molar-refractivity contribution in [2.24, 2.45) is 0 Å². The number of hydrogen-bond donors (Lipinski definition) is 0. The Hall–Kier alpha value is -3.48. The van der Waals surface area contributed by atoms with E-state index < -0.39 is 23.8 Å². The lowest BCUT2D eigenvalue weighted by atomic mass is 10.1. The predicted octanol–water partition coefficient (Wildman–Crippen LogP) is 2.96. The molecule has 1 unspecified atom stereocenters. The predicted molar refractivity (Wildman–Crippen MR) is 113 cm³/mol. The van der Waals surface area contributed by atoms with E-state index in [9.17, 15) is 19.2 Å². The highest BCUT2D eigenvalue weighted by Gasteiger charge is 2.41. The molecule has 0 N–H and O–H groups in total. The molecule has 0 aromatic heterocycles. The normalized spacial score (nSPS) is 16.5. The molecule has 2 aromatic carbocycles. The number of esters is 1. The minimum atomic E-state index is -1.04. The number of fused-ring (bicyclic) bond motifs is 1. The topological polar surface area (TPSA) is 84.0 Å². The van der Waals surface area contributed by atoms with Gasteiger partial charge in [-0.15, -0.1) is 0 Å². The third-order valence-corrected chi connectivity index (χ3v) is 5.78. The van der Waals surface area contributed by atoms with E-state index in [0.717, 1.165) is 42.0 Å². The number of aryl methyl sites for hydroxylation is 1. The summed E-state index contributed by atoms with van der Waals surface area (Å²) in [5, 5.41) is 0. The molecule has 2 aliphatic heterocycles. The highest BCUT2D eigenvalue weighted by molar-refractivity contribution is 6.22. The van der Waals surface area contributed by atoms with Gasteiger partial charge in [-0.3, -0.25) is 19.3 Å². The van der Waals surface area contributed by atoms with Crippen LogP contribution >= 0.6 is 0 Å². The highest BCUT2D eigenvalue weighted by atomic mass is 16.5. The third kappa shape index (κ3) is 3.95. The first kappa shape index (κ1) is 20.8. The van der Waals surface area contributed by atoms with Crippen molar-refractivity contribution in [3.8, 4) is 0 Å². The number of hydrogen-bond acceptors (Lipinski definition) is 5. The van der Waals surface area contributed by atoms with E-state index in [1.807, 2.05) is 11.8 Å². The van der Waals surface area contributed by atoms with Crippen molar-refractivity contribution in [2.75, 3.05) is 13.1 Å². The molecule has 3 amide bonds. The lowest BCUT2D eigenvalue weighted by Gasteiger charge is -2.21. The van der Waals surface area contributed by atoms with E-state index in [0.29, 0.717) is 16.7 Å². The fourth-order valence-corrected chi connectivity index (χ4v) is 3.95. The SMILES string of the molecule is Cc1ccc2c(c1)C(=O)N(C(C)C(=O)OCc1ccc(C(=O)N3CCCC3)cc1)C2=O. The zero-order valence-corrected chi connectivity index (χ0v) is 17.6. The number of benzene rings is 2. The van der Waals surface area contributed by atoms with Gasteiger partial charge in [-0.25, -0.2) is 4.79 Å². The Labute approximate surface area is 180 Å². The Morgan fingerprint density at radius 2 is 1.61 bits per heavy atom. The number of imide groups is 1. The lowest BCUT2D eigenvalue weighted by molar-refractivity contribution is -0.149. The van der Waals surface area contributed by atoms with Gasteiger partial charge in [-0.05, 0) is 56.5 Å². The van der Waals surface area contributed by atoms with Crippen molar-refractivity contribution in [1.29, 1.82) is 0 Å². The fraction of sp³-hybridized carbons (Fsp3) is 0.333. The van der Waals surface area contributed by atoms with E-state index in [-0.39, 0.29) is 12.5 Å². The molecule has 160 valence electrons. The monoisotopic (exact) mass is 420 g/mol. The van der Waals surface area contributed by atoms with Crippen LogP contribution < -0.4 is 0 Å². The molecule has 1 atom stereocenters. The average Bonchev–Trinajstić information content (AvgIpc) is 3.39. The molecule has 0 aliphatic carbocycles. The van der Waals surface area contributed by atoms with Crippen LogP contribution in [-0.2, 0) is 16.1 Å². The fourth-order valence-electron chi connectivity index (χ4n) is 3.95. The number of carbonyl (C=O) groups is 4. The summed E-state index contributed by atoms with van der Waals surface area (Å²) in [5.74, 6) is -1.63.